The van der Waals surface area contributed by atoms with Crippen LogP contribution in [0.5, 0.6) is 0 Å². The van der Waals surface area contributed by atoms with Crippen LogP contribution in [0.2, 0.25) is 0 Å². The standard InChI is InChI=1S/C25H19N5O/c31-25(28-27-16-18-9-3-1-4-10-18)23-15-24(30(29-23)19-11-5-2-6-12-19)21-17-26-22-14-8-7-13-20(21)22/h1-17,26H,(H,28,31)/b27-16+. The Bertz CT molecular complexity index is 1370. The molecule has 0 radical (unpaired) electrons. The zero-order valence-corrected chi connectivity index (χ0v) is 16.6. The fourth-order valence-corrected chi connectivity index (χ4v) is 3.50. The molecule has 0 aliphatic heterocycles. The van der Waals surface area contributed by atoms with Gasteiger partial charge >= 0.3 is 0 Å². The van der Waals surface area contributed by atoms with Crippen molar-refractivity contribution >= 4 is 23.0 Å². The molecule has 0 aliphatic rings. The van der Waals surface area contributed by atoms with Crippen molar-refractivity contribution in [3.8, 4) is 16.9 Å². The highest BCUT2D eigenvalue weighted by atomic mass is 16.2. The van der Waals surface area contributed by atoms with E-state index in [0.717, 1.165) is 33.4 Å². The van der Waals surface area contributed by atoms with E-state index in [2.05, 4.69) is 20.6 Å². The van der Waals surface area contributed by atoms with E-state index < -0.39 is 0 Å². The topological polar surface area (TPSA) is 75.1 Å². The number of H-pyrrole nitrogens is 1. The first-order chi connectivity index (χ1) is 15.3. The van der Waals surface area contributed by atoms with Gasteiger partial charge in [-0.05, 0) is 29.8 Å². The number of para-hydroxylation sites is 2. The zero-order valence-electron chi connectivity index (χ0n) is 16.6. The Morgan fingerprint density at radius 1 is 0.935 bits per heavy atom. The molecule has 0 atom stereocenters. The number of aromatic amines is 1. The summed E-state index contributed by atoms with van der Waals surface area (Å²) in [7, 11) is 0. The van der Waals surface area contributed by atoms with E-state index in [1.807, 2.05) is 91.1 Å². The summed E-state index contributed by atoms with van der Waals surface area (Å²) in [6.45, 7) is 0. The summed E-state index contributed by atoms with van der Waals surface area (Å²) in [5.41, 5.74) is 7.44. The van der Waals surface area contributed by atoms with Crippen molar-refractivity contribution in [2.45, 2.75) is 0 Å². The first-order valence-electron chi connectivity index (χ1n) is 9.90. The summed E-state index contributed by atoms with van der Waals surface area (Å²) in [5.74, 6) is -0.372. The minimum atomic E-state index is -0.372. The van der Waals surface area contributed by atoms with Gasteiger partial charge in [0, 0.05) is 22.7 Å². The number of amides is 1. The largest absolute Gasteiger partial charge is 0.360 e. The highest BCUT2D eigenvalue weighted by molar-refractivity contribution is 5.98. The molecule has 1 amide bonds. The van der Waals surface area contributed by atoms with Gasteiger partial charge in [0.15, 0.2) is 5.69 Å². The SMILES string of the molecule is O=C(N/N=C/c1ccccc1)c1cc(-c2c[nH]c3ccccc23)n(-c2ccccc2)n1. The Morgan fingerprint density at radius 3 is 2.45 bits per heavy atom. The predicted molar refractivity (Wildman–Crippen MR) is 122 cm³/mol. The molecule has 0 bridgehead atoms. The van der Waals surface area contributed by atoms with Crippen LogP contribution in [0, 0.1) is 0 Å². The lowest BCUT2D eigenvalue weighted by molar-refractivity contribution is 0.0949. The van der Waals surface area contributed by atoms with E-state index in [4.69, 9.17) is 0 Å². The van der Waals surface area contributed by atoms with Crippen LogP contribution >= 0.6 is 0 Å². The Morgan fingerprint density at radius 2 is 1.65 bits per heavy atom. The molecule has 0 fully saturated rings. The second kappa shape index (κ2) is 8.12. The number of hydrogen-bond donors (Lipinski definition) is 2. The van der Waals surface area contributed by atoms with Gasteiger partial charge in [0.1, 0.15) is 0 Å². The number of nitrogens with one attached hydrogen (secondary N) is 2. The van der Waals surface area contributed by atoms with E-state index in [-0.39, 0.29) is 11.6 Å². The van der Waals surface area contributed by atoms with Crippen LogP contribution in [-0.4, -0.2) is 26.9 Å². The molecule has 0 spiro atoms. The van der Waals surface area contributed by atoms with Crippen molar-refractivity contribution in [1.29, 1.82) is 0 Å². The van der Waals surface area contributed by atoms with Crippen LogP contribution in [0.1, 0.15) is 16.1 Å². The molecular formula is C25H19N5O. The number of benzene rings is 3. The van der Waals surface area contributed by atoms with Gasteiger partial charge in [-0.3, -0.25) is 4.79 Å². The summed E-state index contributed by atoms with van der Waals surface area (Å²) in [5, 5.41) is 9.71. The lowest BCUT2D eigenvalue weighted by Gasteiger charge is -2.06. The maximum atomic E-state index is 12.8. The van der Waals surface area contributed by atoms with Gasteiger partial charge in [-0.2, -0.15) is 10.2 Å². The minimum Gasteiger partial charge on any atom is -0.360 e. The molecule has 150 valence electrons. The van der Waals surface area contributed by atoms with Crippen molar-refractivity contribution in [2.75, 3.05) is 0 Å². The highest BCUT2D eigenvalue weighted by Gasteiger charge is 2.18. The molecular weight excluding hydrogens is 386 g/mol. The van der Waals surface area contributed by atoms with Gasteiger partial charge in [0.05, 0.1) is 17.6 Å². The van der Waals surface area contributed by atoms with Gasteiger partial charge in [-0.1, -0.05) is 66.7 Å². The van der Waals surface area contributed by atoms with E-state index in [0.29, 0.717) is 0 Å². The van der Waals surface area contributed by atoms with Crippen molar-refractivity contribution in [1.82, 2.24) is 20.2 Å². The Labute approximate surface area is 178 Å². The van der Waals surface area contributed by atoms with Crippen molar-refractivity contribution < 1.29 is 4.79 Å². The maximum Gasteiger partial charge on any atom is 0.291 e. The van der Waals surface area contributed by atoms with Crippen LogP contribution in [-0.2, 0) is 0 Å². The normalized spacial score (nSPS) is 11.2. The average Bonchev–Trinajstić information content (AvgIpc) is 3.45. The smallest absolute Gasteiger partial charge is 0.291 e. The Hall–Kier alpha value is -4.45. The first-order valence-corrected chi connectivity index (χ1v) is 9.90. The first kappa shape index (κ1) is 18.6. The molecule has 3 aromatic carbocycles. The molecule has 0 saturated heterocycles. The quantitative estimate of drug-likeness (QED) is 0.326. The number of fused-ring (bicyclic) bond motifs is 1. The number of nitrogens with zero attached hydrogens (tertiary/aromatic N) is 3. The fourth-order valence-electron chi connectivity index (χ4n) is 3.50. The highest BCUT2D eigenvalue weighted by Crippen LogP contribution is 2.30. The maximum absolute atomic E-state index is 12.8. The summed E-state index contributed by atoms with van der Waals surface area (Å²) < 4.78 is 1.78. The van der Waals surface area contributed by atoms with Crippen molar-refractivity contribution in [2.24, 2.45) is 5.10 Å². The molecule has 0 saturated carbocycles. The Kier molecular flexibility index (Phi) is 4.86. The van der Waals surface area contributed by atoms with Crippen LogP contribution < -0.4 is 5.43 Å². The second-order valence-corrected chi connectivity index (χ2v) is 7.02. The van der Waals surface area contributed by atoms with E-state index in [1.165, 1.54) is 0 Å². The Balaban J connectivity index is 1.52. The minimum absolute atomic E-state index is 0.286. The molecule has 6 heteroatoms. The van der Waals surface area contributed by atoms with E-state index in [1.54, 1.807) is 17.0 Å². The van der Waals surface area contributed by atoms with Crippen molar-refractivity contribution in [3.05, 3.63) is 108 Å². The third-order valence-electron chi connectivity index (χ3n) is 4.99. The zero-order chi connectivity index (χ0) is 21.0. The average molecular weight is 405 g/mol. The summed E-state index contributed by atoms with van der Waals surface area (Å²) >= 11 is 0. The van der Waals surface area contributed by atoms with Gasteiger partial charge in [-0.25, -0.2) is 10.1 Å². The predicted octanol–water partition coefficient (Wildman–Crippen LogP) is 4.78. The summed E-state index contributed by atoms with van der Waals surface area (Å²) in [6, 6.07) is 29.2. The molecule has 6 nitrogen and oxygen atoms in total. The van der Waals surface area contributed by atoms with Gasteiger partial charge in [0.25, 0.3) is 5.91 Å². The summed E-state index contributed by atoms with van der Waals surface area (Å²) in [4.78, 5) is 16.0. The van der Waals surface area contributed by atoms with Crippen LogP contribution in [0.3, 0.4) is 0 Å². The number of rotatable bonds is 5. The van der Waals surface area contributed by atoms with Crippen LogP contribution in [0.25, 0.3) is 27.8 Å². The second-order valence-electron chi connectivity index (χ2n) is 7.02. The van der Waals surface area contributed by atoms with E-state index in [9.17, 15) is 4.79 Å². The van der Waals surface area contributed by atoms with Gasteiger partial charge in [0.2, 0.25) is 0 Å². The monoisotopic (exact) mass is 405 g/mol. The molecule has 0 aliphatic carbocycles. The summed E-state index contributed by atoms with van der Waals surface area (Å²) in [6.07, 6.45) is 3.54. The lowest BCUT2D eigenvalue weighted by Crippen LogP contribution is -2.18. The fraction of sp³-hybridized carbons (Fsp3) is 0. The molecule has 2 aromatic heterocycles. The van der Waals surface area contributed by atoms with Gasteiger partial charge < -0.3 is 4.98 Å². The molecule has 5 aromatic rings. The van der Waals surface area contributed by atoms with Crippen LogP contribution in [0.4, 0.5) is 0 Å². The molecule has 5 rings (SSSR count). The molecule has 2 heterocycles. The third kappa shape index (κ3) is 3.74. The van der Waals surface area contributed by atoms with Crippen molar-refractivity contribution in [3.63, 3.8) is 0 Å². The molecule has 31 heavy (non-hydrogen) atoms. The van der Waals surface area contributed by atoms with Crippen LogP contribution in [0.15, 0.2) is 102 Å². The third-order valence-corrected chi connectivity index (χ3v) is 4.99. The van der Waals surface area contributed by atoms with Gasteiger partial charge in [-0.15, -0.1) is 0 Å². The molecule has 2 N–H and O–H groups in total. The number of carbonyl (C=O) groups excluding carboxylic acids is 1. The number of aromatic nitrogens is 3. The number of hydrazone groups is 1. The molecule has 0 unspecified atom stereocenters. The number of hydrogen-bond acceptors (Lipinski definition) is 3. The van der Waals surface area contributed by atoms with E-state index >= 15 is 0 Å². The lowest BCUT2D eigenvalue weighted by atomic mass is 10.1. The number of carbonyl (C=O) groups is 1.